The van der Waals surface area contributed by atoms with E-state index in [0.29, 0.717) is 5.56 Å². The second-order valence-electron chi connectivity index (χ2n) is 8.88. The van der Waals surface area contributed by atoms with Crippen molar-refractivity contribution in [2.75, 3.05) is 18.0 Å². The minimum Gasteiger partial charge on any atom is -0.349 e. The van der Waals surface area contributed by atoms with Gasteiger partial charge >= 0.3 is 0 Å². The van der Waals surface area contributed by atoms with Crippen molar-refractivity contribution in [1.82, 2.24) is 20.3 Å². The zero-order valence-electron chi connectivity index (χ0n) is 19.3. The van der Waals surface area contributed by atoms with E-state index in [0.717, 1.165) is 64.8 Å². The molecule has 2 aromatic heterocycles. The second kappa shape index (κ2) is 9.14. The van der Waals surface area contributed by atoms with Gasteiger partial charge in [-0.3, -0.25) is 4.79 Å². The highest BCUT2D eigenvalue weighted by Gasteiger charge is 2.24. The van der Waals surface area contributed by atoms with Crippen molar-refractivity contribution >= 4 is 33.5 Å². The molecule has 6 heteroatoms. The summed E-state index contributed by atoms with van der Waals surface area (Å²) in [6, 6.07) is 26.2. The first-order chi connectivity index (χ1) is 17.3. The maximum atomic E-state index is 13.5. The van der Waals surface area contributed by atoms with Crippen LogP contribution in [0.3, 0.4) is 0 Å². The molecule has 6 rings (SSSR count). The molecule has 1 N–H and O–H groups in total. The van der Waals surface area contributed by atoms with Gasteiger partial charge in [0.1, 0.15) is 0 Å². The molecule has 0 aliphatic carbocycles. The van der Waals surface area contributed by atoms with Crippen LogP contribution in [-0.2, 0) is 0 Å². The molecule has 0 saturated carbocycles. The number of amides is 1. The first kappa shape index (κ1) is 21.2. The van der Waals surface area contributed by atoms with Gasteiger partial charge in [-0.05, 0) is 41.8 Å². The van der Waals surface area contributed by atoms with Crippen LogP contribution >= 0.6 is 0 Å². The van der Waals surface area contributed by atoms with Crippen molar-refractivity contribution in [3.05, 3.63) is 96.8 Å². The first-order valence-corrected chi connectivity index (χ1v) is 12.0. The third-order valence-electron chi connectivity index (χ3n) is 6.69. The van der Waals surface area contributed by atoms with Crippen LogP contribution in [0.1, 0.15) is 23.2 Å². The lowest BCUT2D eigenvalue weighted by Gasteiger charge is -2.32. The highest BCUT2D eigenvalue weighted by molar-refractivity contribution is 6.08. The maximum absolute atomic E-state index is 13.5. The number of hydrogen-bond acceptors (Lipinski definition) is 5. The molecule has 1 saturated heterocycles. The quantitative estimate of drug-likeness (QED) is 0.398. The molecule has 35 heavy (non-hydrogen) atoms. The average Bonchev–Trinajstić information content (AvgIpc) is 2.93. The summed E-state index contributed by atoms with van der Waals surface area (Å²) in [6.07, 6.45) is 5.23. The highest BCUT2D eigenvalue weighted by Crippen LogP contribution is 2.30. The van der Waals surface area contributed by atoms with Crippen molar-refractivity contribution in [2.24, 2.45) is 0 Å². The van der Waals surface area contributed by atoms with Gasteiger partial charge in [0.05, 0.1) is 16.8 Å². The van der Waals surface area contributed by atoms with Crippen LogP contribution < -0.4 is 10.2 Å². The van der Waals surface area contributed by atoms with Gasteiger partial charge in [0, 0.05) is 42.5 Å². The van der Waals surface area contributed by atoms with Crippen molar-refractivity contribution in [1.29, 1.82) is 0 Å². The summed E-state index contributed by atoms with van der Waals surface area (Å²) in [7, 11) is 0. The van der Waals surface area contributed by atoms with E-state index in [9.17, 15) is 4.79 Å². The molecule has 1 aliphatic heterocycles. The summed E-state index contributed by atoms with van der Waals surface area (Å²) in [4.78, 5) is 29.3. The fraction of sp³-hybridized carbons (Fsp3) is 0.172. The standard InChI is InChI=1S/C29H25N5O/c35-28(32-21-13-17-34(18-14-21)29-30-15-6-16-31-29)25-19-27(33-26-12-4-3-10-24(25)26)23-11-5-8-20-7-1-2-9-22(20)23/h1-12,15-16,19,21H,13-14,17-18H2,(H,32,35). The third kappa shape index (κ3) is 4.19. The number of pyridine rings is 1. The summed E-state index contributed by atoms with van der Waals surface area (Å²) in [5.74, 6) is 0.691. The first-order valence-electron chi connectivity index (χ1n) is 12.0. The van der Waals surface area contributed by atoms with Gasteiger partial charge in [0.15, 0.2) is 0 Å². The van der Waals surface area contributed by atoms with Crippen molar-refractivity contribution in [3.63, 3.8) is 0 Å². The van der Waals surface area contributed by atoms with Crippen LogP contribution in [0.25, 0.3) is 32.9 Å². The van der Waals surface area contributed by atoms with Gasteiger partial charge in [0.25, 0.3) is 5.91 Å². The molecule has 3 aromatic carbocycles. The summed E-state index contributed by atoms with van der Waals surface area (Å²) >= 11 is 0. The number of carbonyl (C=O) groups excluding carboxylic acids is 1. The number of piperidine rings is 1. The van der Waals surface area contributed by atoms with Crippen LogP contribution in [0, 0.1) is 0 Å². The molecule has 0 atom stereocenters. The Balaban J connectivity index is 1.30. The van der Waals surface area contributed by atoms with E-state index < -0.39 is 0 Å². The number of aromatic nitrogens is 3. The Morgan fingerprint density at radius 1 is 0.829 bits per heavy atom. The van der Waals surface area contributed by atoms with Crippen LogP contribution in [0.5, 0.6) is 0 Å². The van der Waals surface area contributed by atoms with Gasteiger partial charge in [-0.2, -0.15) is 0 Å². The number of fused-ring (bicyclic) bond motifs is 2. The number of nitrogens with zero attached hydrogens (tertiary/aromatic N) is 4. The van der Waals surface area contributed by atoms with Gasteiger partial charge in [-0.15, -0.1) is 0 Å². The van der Waals surface area contributed by atoms with E-state index >= 15 is 0 Å². The Bertz CT molecular complexity index is 1500. The molecule has 1 fully saturated rings. The van der Waals surface area contributed by atoms with Crippen LogP contribution in [-0.4, -0.2) is 40.0 Å². The zero-order valence-corrected chi connectivity index (χ0v) is 19.3. The SMILES string of the molecule is O=C(NC1CCN(c2ncccn2)CC1)c1cc(-c2cccc3ccccc23)nc2ccccc12. The Kier molecular flexibility index (Phi) is 5.54. The number of hydrogen-bond donors (Lipinski definition) is 1. The maximum Gasteiger partial charge on any atom is 0.252 e. The fourth-order valence-corrected chi connectivity index (χ4v) is 4.89. The molecule has 1 aliphatic rings. The number of rotatable bonds is 4. The molecule has 6 nitrogen and oxygen atoms in total. The lowest BCUT2D eigenvalue weighted by atomic mass is 9.98. The zero-order chi connectivity index (χ0) is 23.6. The molecule has 0 unspecified atom stereocenters. The summed E-state index contributed by atoms with van der Waals surface area (Å²) in [5.41, 5.74) is 3.31. The molecule has 0 bridgehead atoms. The molecule has 0 radical (unpaired) electrons. The van der Waals surface area contributed by atoms with Gasteiger partial charge in [-0.25, -0.2) is 15.0 Å². The predicted molar refractivity (Wildman–Crippen MR) is 139 cm³/mol. The van der Waals surface area contributed by atoms with E-state index in [1.807, 2.05) is 54.6 Å². The van der Waals surface area contributed by atoms with E-state index in [2.05, 4.69) is 44.5 Å². The third-order valence-corrected chi connectivity index (χ3v) is 6.69. The van der Waals surface area contributed by atoms with E-state index in [4.69, 9.17) is 4.98 Å². The van der Waals surface area contributed by atoms with Crippen LogP contribution in [0.2, 0.25) is 0 Å². The average molecular weight is 460 g/mol. The summed E-state index contributed by atoms with van der Waals surface area (Å²) in [6.45, 7) is 1.63. The molecule has 3 heterocycles. The number of para-hydroxylation sites is 1. The topological polar surface area (TPSA) is 71.0 Å². The van der Waals surface area contributed by atoms with E-state index in [-0.39, 0.29) is 11.9 Å². The van der Waals surface area contributed by atoms with E-state index in [1.165, 1.54) is 0 Å². The monoisotopic (exact) mass is 459 g/mol. The Hall–Kier alpha value is -4.32. The number of nitrogens with one attached hydrogen (secondary N) is 1. The number of carbonyl (C=O) groups is 1. The van der Waals surface area contributed by atoms with Gasteiger partial charge in [0.2, 0.25) is 5.95 Å². The fourth-order valence-electron chi connectivity index (χ4n) is 4.89. The van der Waals surface area contributed by atoms with Gasteiger partial charge < -0.3 is 10.2 Å². The highest BCUT2D eigenvalue weighted by atomic mass is 16.1. The molecular formula is C29H25N5O. The predicted octanol–water partition coefficient (Wildman–Crippen LogP) is 5.24. The summed E-state index contributed by atoms with van der Waals surface area (Å²) < 4.78 is 0. The molecule has 0 spiro atoms. The van der Waals surface area contributed by atoms with Crippen molar-refractivity contribution in [3.8, 4) is 11.3 Å². The largest absolute Gasteiger partial charge is 0.349 e. The molecule has 1 amide bonds. The van der Waals surface area contributed by atoms with Gasteiger partial charge in [-0.1, -0.05) is 60.7 Å². The smallest absolute Gasteiger partial charge is 0.252 e. The molecule has 5 aromatic rings. The van der Waals surface area contributed by atoms with Crippen LogP contribution in [0.15, 0.2) is 91.3 Å². The lowest BCUT2D eigenvalue weighted by molar-refractivity contribution is 0.0932. The Morgan fingerprint density at radius 3 is 2.37 bits per heavy atom. The molecular weight excluding hydrogens is 434 g/mol. The second-order valence-corrected chi connectivity index (χ2v) is 8.88. The molecule has 172 valence electrons. The minimum atomic E-state index is -0.0560. The normalized spacial score (nSPS) is 14.3. The summed E-state index contributed by atoms with van der Waals surface area (Å²) in [5, 5.41) is 6.42. The van der Waals surface area contributed by atoms with Crippen molar-refractivity contribution < 1.29 is 4.79 Å². The number of anilines is 1. The van der Waals surface area contributed by atoms with E-state index in [1.54, 1.807) is 12.4 Å². The Labute approximate surface area is 203 Å². The van der Waals surface area contributed by atoms with Crippen LogP contribution in [0.4, 0.5) is 5.95 Å². The minimum absolute atomic E-state index is 0.0560. The number of benzene rings is 3. The van der Waals surface area contributed by atoms with Crippen molar-refractivity contribution in [2.45, 2.75) is 18.9 Å². The lowest BCUT2D eigenvalue weighted by Crippen LogP contribution is -2.45. The Morgan fingerprint density at radius 2 is 1.54 bits per heavy atom.